The lowest BCUT2D eigenvalue weighted by molar-refractivity contribution is -0.137. The van der Waals surface area contributed by atoms with Gasteiger partial charge in [-0.2, -0.15) is 13.2 Å². The Bertz CT molecular complexity index is 1200. The van der Waals surface area contributed by atoms with E-state index in [4.69, 9.17) is 0 Å². The Morgan fingerprint density at radius 2 is 1.84 bits per heavy atom. The molecular formula is C30H34F4N2O. The summed E-state index contributed by atoms with van der Waals surface area (Å²) in [6, 6.07) is 11.3. The molecule has 2 aliphatic carbocycles. The van der Waals surface area contributed by atoms with Crippen LogP contribution < -0.4 is 5.32 Å². The molecule has 0 aromatic heterocycles. The van der Waals surface area contributed by atoms with Crippen molar-refractivity contribution in [2.45, 2.75) is 70.1 Å². The van der Waals surface area contributed by atoms with Crippen LogP contribution in [-0.4, -0.2) is 29.9 Å². The Morgan fingerprint density at radius 3 is 2.54 bits per heavy atom. The monoisotopic (exact) mass is 514 g/mol. The number of nitrogens with zero attached hydrogens (tertiary/aromatic N) is 1. The molecule has 2 atom stereocenters. The van der Waals surface area contributed by atoms with Crippen molar-refractivity contribution < 1.29 is 22.4 Å². The number of alkyl halides is 3. The van der Waals surface area contributed by atoms with Crippen LogP contribution in [-0.2, 0) is 22.9 Å². The highest BCUT2D eigenvalue weighted by Crippen LogP contribution is 2.49. The summed E-state index contributed by atoms with van der Waals surface area (Å²) in [6.07, 6.45) is 4.47. The zero-order valence-electron chi connectivity index (χ0n) is 21.4. The molecule has 2 aromatic carbocycles. The average Bonchev–Trinajstić information content (AvgIpc) is 3.47. The van der Waals surface area contributed by atoms with Gasteiger partial charge in [0.05, 0.1) is 11.0 Å². The van der Waals surface area contributed by atoms with E-state index in [2.05, 4.69) is 46.6 Å². The number of nitrogens with one attached hydrogen (secondary N) is 1. The first-order chi connectivity index (χ1) is 17.5. The minimum atomic E-state index is -4.64. The van der Waals surface area contributed by atoms with E-state index in [1.807, 2.05) is 13.8 Å². The molecule has 3 nitrogen and oxygen atoms in total. The van der Waals surface area contributed by atoms with Crippen LogP contribution in [0.1, 0.15) is 68.2 Å². The fraction of sp³-hybridized carbons (Fsp3) is 0.500. The Balaban J connectivity index is 1.23. The molecule has 2 unspecified atom stereocenters. The second-order valence-electron chi connectivity index (χ2n) is 11.3. The molecule has 1 heterocycles. The highest BCUT2D eigenvalue weighted by molar-refractivity contribution is 5.83. The van der Waals surface area contributed by atoms with Crippen LogP contribution >= 0.6 is 0 Å². The van der Waals surface area contributed by atoms with Crippen molar-refractivity contribution in [1.29, 1.82) is 0 Å². The number of benzene rings is 2. The summed E-state index contributed by atoms with van der Waals surface area (Å²) >= 11 is 0. The van der Waals surface area contributed by atoms with Gasteiger partial charge in [0.2, 0.25) is 5.91 Å². The minimum Gasteiger partial charge on any atom is -0.352 e. The van der Waals surface area contributed by atoms with Crippen LogP contribution in [0.15, 0.2) is 48.5 Å². The van der Waals surface area contributed by atoms with Crippen molar-refractivity contribution in [2.24, 2.45) is 11.3 Å². The lowest BCUT2D eigenvalue weighted by Gasteiger charge is -2.42. The van der Waals surface area contributed by atoms with E-state index in [9.17, 15) is 22.4 Å². The molecule has 1 saturated heterocycles. The smallest absolute Gasteiger partial charge is 0.352 e. The van der Waals surface area contributed by atoms with Gasteiger partial charge >= 0.3 is 6.18 Å². The molecule has 1 saturated carbocycles. The number of fused-ring (bicyclic) bond motifs is 2. The van der Waals surface area contributed by atoms with Crippen LogP contribution in [0.4, 0.5) is 17.6 Å². The molecule has 1 spiro atoms. The van der Waals surface area contributed by atoms with Gasteiger partial charge in [-0.05, 0) is 86.0 Å². The zero-order valence-corrected chi connectivity index (χ0v) is 21.4. The van der Waals surface area contributed by atoms with Crippen LogP contribution in [0.25, 0.3) is 6.08 Å². The fourth-order valence-corrected chi connectivity index (χ4v) is 6.79. The number of carbonyl (C=O) groups is 1. The molecule has 1 N–H and O–H groups in total. The highest BCUT2D eigenvalue weighted by atomic mass is 19.4. The predicted molar refractivity (Wildman–Crippen MR) is 136 cm³/mol. The van der Waals surface area contributed by atoms with Crippen molar-refractivity contribution in [3.05, 3.63) is 76.6 Å². The maximum Gasteiger partial charge on any atom is 0.416 e. The first-order valence-corrected chi connectivity index (χ1v) is 13.2. The summed E-state index contributed by atoms with van der Waals surface area (Å²) < 4.78 is 53.1. The molecule has 2 fully saturated rings. The molecule has 1 aliphatic heterocycles. The minimum absolute atomic E-state index is 0.0801. The lowest BCUT2D eigenvalue weighted by Crippen LogP contribution is -2.47. The van der Waals surface area contributed by atoms with Gasteiger partial charge in [-0.1, -0.05) is 50.3 Å². The second-order valence-corrected chi connectivity index (χ2v) is 11.3. The maximum atomic E-state index is 13.8. The summed E-state index contributed by atoms with van der Waals surface area (Å²) in [5.41, 5.74) is 1.33. The first kappa shape index (κ1) is 26.0. The van der Waals surface area contributed by atoms with Crippen molar-refractivity contribution >= 4 is 12.0 Å². The van der Waals surface area contributed by atoms with E-state index in [0.717, 1.165) is 57.3 Å². The van der Waals surface area contributed by atoms with Gasteiger partial charge in [0.15, 0.2) is 0 Å². The third-order valence-electron chi connectivity index (χ3n) is 9.10. The van der Waals surface area contributed by atoms with Crippen LogP contribution in [0.3, 0.4) is 0 Å². The van der Waals surface area contributed by atoms with Crippen molar-refractivity contribution in [3.63, 3.8) is 0 Å². The SMILES string of the molecule is CC(C)C1(C(=O)NCc2cc(F)cc(C(F)(F)F)c2)CCC(N2CCC3(C=Cc4ccccc43)CC2)C1. The van der Waals surface area contributed by atoms with Gasteiger partial charge in [0.1, 0.15) is 5.82 Å². The summed E-state index contributed by atoms with van der Waals surface area (Å²) in [5.74, 6) is -1.03. The second kappa shape index (κ2) is 9.57. The number of hydrogen-bond donors (Lipinski definition) is 1. The summed E-state index contributed by atoms with van der Waals surface area (Å²) in [6.45, 7) is 5.90. The number of rotatable bonds is 5. The van der Waals surface area contributed by atoms with E-state index >= 15 is 0 Å². The molecule has 0 radical (unpaired) electrons. The normalized spacial score (nSPS) is 25.1. The fourth-order valence-electron chi connectivity index (χ4n) is 6.79. The van der Waals surface area contributed by atoms with E-state index in [0.29, 0.717) is 12.1 Å². The van der Waals surface area contributed by atoms with Crippen LogP contribution in [0.5, 0.6) is 0 Å². The number of halogens is 4. The highest BCUT2D eigenvalue weighted by Gasteiger charge is 2.50. The Hall–Kier alpha value is -2.67. The molecular weight excluding hydrogens is 480 g/mol. The summed E-state index contributed by atoms with van der Waals surface area (Å²) in [5, 5.41) is 2.84. The van der Waals surface area contributed by atoms with E-state index < -0.39 is 23.0 Å². The molecule has 2 aromatic rings. The van der Waals surface area contributed by atoms with Crippen molar-refractivity contribution in [1.82, 2.24) is 10.2 Å². The standard InChI is InChI=1S/C30H34F4N2O/c1-20(2)29(27(37)35-19-21-15-23(30(32,33)34)17-24(31)16-21)10-8-25(18-29)36-13-11-28(12-14-36)9-7-22-5-3-4-6-26(22)28/h3-7,9,15-17,20,25H,8,10-14,18-19H2,1-2H3,(H,35,37). The predicted octanol–water partition coefficient (Wildman–Crippen LogP) is 6.72. The largest absolute Gasteiger partial charge is 0.416 e. The van der Waals surface area contributed by atoms with E-state index in [1.165, 1.54) is 11.1 Å². The zero-order chi connectivity index (χ0) is 26.4. The number of piperidine rings is 1. The van der Waals surface area contributed by atoms with Crippen molar-refractivity contribution in [2.75, 3.05) is 13.1 Å². The molecule has 198 valence electrons. The summed E-state index contributed by atoms with van der Waals surface area (Å²) in [4.78, 5) is 16.0. The molecule has 0 bridgehead atoms. The van der Waals surface area contributed by atoms with E-state index in [1.54, 1.807) is 0 Å². The maximum absolute atomic E-state index is 13.8. The van der Waals surface area contributed by atoms with Gasteiger partial charge in [-0.15, -0.1) is 0 Å². The molecule has 3 aliphatic rings. The number of hydrogen-bond acceptors (Lipinski definition) is 2. The van der Waals surface area contributed by atoms with Crippen LogP contribution in [0.2, 0.25) is 0 Å². The van der Waals surface area contributed by atoms with Gasteiger partial charge in [-0.3, -0.25) is 4.79 Å². The molecule has 7 heteroatoms. The molecule has 37 heavy (non-hydrogen) atoms. The first-order valence-electron chi connectivity index (χ1n) is 13.2. The Kier molecular flexibility index (Phi) is 6.71. The third kappa shape index (κ3) is 4.83. The van der Waals surface area contributed by atoms with Crippen LogP contribution in [0, 0.1) is 17.2 Å². The summed E-state index contributed by atoms with van der Waals surface area (Å²) in [7, 11) is 0. The van der Waals surface area contributed by atoms with Crippen molar-refractivity contribution in [3.8, 4) is 0 Å². The van der Waals surface area contributed by atoms with Gasteiger partial charge in [0.25, 0.3) is 0 Å². The van der Waals surface area contributed by atoms with Gasteiger partial charge in [-0.25, -0.2) is 4.39 Å². The lowest BCUT2D eigenvalue weighted by atomic mass is 9.73. The number of amides is 1. The Labute approximate surface area is 215 Å². The Morgan fingerprint density at radius 1 is 1.11 bits per heavy atom. The third-order valence-corrected chi connectivity index (χ3v) is 9.10. The van der Waals surface area contributed by atoms with Gasteiger partial charge < -0.3 is 10.2 Å². The average molecular weight is 515 g/mol. The topological polar surface area (TPSA) is 32.3 Å². The molecule has 5 rings (SSSR count). The van der Waals surface area contributed by atoms with Gasteiger partial charge in [0, 0.05) is 18.0 Å². The quantitative estimate of drug-likeness (QED) is 0.450. The molecule has 1 amide bonds. The number of allylic oxidation sites excluding steroid dienone is 1. The number of likely N-dealkylation sites (tertiary alicyclic amines) is 1. The van der Waals surface area contributed by atoms with E-state index in [-0.39, 0.29) is 29.3 Å². The number of carbonyl (C=O) groups excluding carboxylic acids is 1.